The lowest BCUT2D eigenvalue weighted by molar-refractivity contribution is 0.279. The lowest BCUT2D eigenvalue weighted by atomic mass is 10.1. The van der Waals surface area contributed by atoms with E-state index in [9.17, 15) is 8.42 Å². The molecular weight excluding hydrogens is 250 g/mol. The number of sulfone groups is 1. The average Bonchev–Trinajstić information content (AvgIpc) is 2.80. The highest BCUT2D eigenvalue weighted by Crippen LogP contribution is 2.31. The van der Waals surface area contributed by atoms with E-state index in [1.165, 1.54) is 5.41 Å². The third kappa shape index (κ3) is 1.66. The Labute approximate surface area is 106 Å². The molecule has 0 amide bonds. The molecule has 0 unspecified atom stereocenters. The Bertz CT molecular complexity index is 684. The van der Waals surface area contributed by atoms with Crippen molar-refractivity contribution in [1.29, 1.82) is 0 Å². The van der Waals surface area contributed by atoms with Gasteiger partial charge in [0.2, 0.25) is 5.90 Å². The number of nitrogens with zero attached hydrogens (tertiary/aromatic N) is 1. The summed E-state index contributed by atoms with van der Waals surface area (Å²) in [5.74, 6) is 0.526. The number of benzene rings is 1. The van der Waals surface area contributed by atoms with Gasteiger partial charge in [-0.05, 0) is 32.1 Å². The summed E-state index contributed by atoms with van der Waals surface area (Å²) in [5.41, 5.74) is 1.17. The summed E-state index contributed by atoms with van der Waals surface area (Å²) in [6.07, 6.45) is 1.61. The van der Waals surface area contributed by atoms with E-state index in [-0.39, 0.29) is 5.54 Å². The van der Waals surface area contributed by atoms with Gasteiger partial charge in [-0.3, -0.25) is 0 Å². The van der Waals surface area contributed by atoms with Gasteiger partial charge in [0.1, 0.15) is 6.61 Å². The minimum absolute atomic E-state index is 0.251. The summed E-state index contributed by atoms with van der Waals surface area (Å²) in [6, 6.07) is 5.16. The van der Waals surface area contributed by atoms with Crippen LogP contribution < -0.4 is 0 Å². The van der Waals surface area contributed by atoms with Gasteiger partial charge in [0.25, 0.3) is 0 Å². The summed E-state index contributed by atoms with van der Waals surface area (Å²) in [6.45, 7) is 4.48. The fourth-order valence-electron chi connectivity index (χ4n) is 2.10. The van der Waals surface area contributed by atoms with E-state index >= 15 is 0 Å². The van der Waals surface area contributed by atoms with Crippen LogP contribution in [-0.4, -0.2) is 26.5 Å². The second-order valence-corrected chi connectivity index (χ2v) is 6.89. The first-order valence-corrected chi connectivity index (χ1v) is 7.23. The number of ether oxygens (including phenoxy) is 1. The molecule has 0 aliphatic carbocycles. The SMILES string of the molecule is CC1(C)COC(c2cccc3c2C=CS3(=O)=O)=N1. The van der Waals surface area contributed by atoms with Crippen molar-refractivity contribution in [2.24, 2.45) is 4.99 Å². The van der Waals surface area contributed by atoms with Gasteiger partial charge >= 0.3 is 0 Å². The molecule has 2 aliphatic rings. The van der Waals surface area contributed by atoms with Gasteiger partial charge in [0.05, 0.1) is 10.4 Å². The Hall–Kier alpha value is -1.62. The van der Waals surface area contributed by atoms with E-state index in [1.54, 1.807) is 18.2 Å². The molecule has 0 aromatic heterocycles. The molecule has 0 radical (unpaired) electrons. The molecule has 0 fully saturated rings. The van der Waals surface area contributed by atoms with Crippen molar-refractivity contribution in [3.63, 3.8) is 0 Å². The van der Waals surface area contributed by atoms with E-state index in [4.69, 9.17) is 4.74 Å². The van der Waals surface area contributed by atoms with Crippen molar-refractivity contribution >= 4 is 21.8 Å². The van der Waals surface area contributed by atoms with E-state index < -0.39 is 9.84 Å². The zero-order valence-corrected chi connectivity index (χ0v) is 11.0. The smallest absolute Gasteiger partial charge is 0.217 e. The molecule has 1 aromatic rings. The highest BCUT2D eigenvalue weighted by Gasteiger charge is 2.30. The molecule has 0 bridgehead atoms. The lowest BCUT2D eigenvalue weighted by Crippen LogP contribution is -2.17. The molecule has 0 saturated carbocycles. The lowest BCUT2D eigenvalue weighted by Gasteiger charge is -2.07. The fourth-order valence-corrected chi connectivity index (χ4v) is 3.32. The molecule has 0 saturated heterocycles. The van der Waals surface area contributed by atoms with E-state index in [0.717, 1.165) is 5.56 Å². The topological polar surface area (TPSA) is 55.7 Å². The van der Waals surface area contributed by atoms with Gasteiger partial charge in [-0.25, -0.2) is 13.4 Å². The Balaban J connectivity index is 2.18. The molecule has 2 aliphatic heterocycles. The van der Waals surface area contributed by atoms with Crippen molar-refractivity contribution in [1.82, 2.24) is 0 Å². The minimum Gasteiger partial charge on any atom is -0.475 e. The number of hydrogen-bond donors (Lipinski definition) is 0. The summed E-state index contributed by atoms with van der Waals surface area (Å²) < 4.78 is 29.1. The third-order valence-electron chi connectivity index (χ3n) is 2.98. The molecule has 4 nitrogen and oxygen atoms in total. The highest BCUT2D eigenvalue weighted by molar-refractivity contribution is 7.94. The maximum Gasteiger partial charge on any atom is 0.217 e. The van der Waals surface area contributed by atoms with E-state index in [1.807, 2.05) is 19.9 Å². The third-order valence-corrected chi connectivity index (χ3v) is 4.45. The summed E-state index contributed by atoms with van der Waals surface area (Å²) in [7, 11) is -3.28. The molecular formula is C13H13NO3S. The molecule has 1 aromatic carbocycles. The van der Waals surface area contributed by atoms with Crippen LogP contribution in [-0.2, 0) is 14.6 Å². The van der Waals surface area contributed by atoms with Gasteiger partial charge in [0, 0.05) is 16.5 Å². The predicted molar refractivity (Wildman–Crippen MR) is 69.2 cm³/mol. The van der Waals surface area contributed by atoms with Crippen LogP contribution >= 0.6 is 0 Å². The zero-order chi connectivity index (χ0) is 13.0. The second-order valence-electron chi connectivity index (χ2n) is 5.08. The van der Waals surface area contributed by atoms with Crippen LogP contribution in [0.4, 0.5) is 0 Å². The fraction of sp³-hybridized carbons (Fsp3) is 0.308. The first-order valence-electron chi connectivity index (χ1n) is 5.68. The maximum absolute atomic E-state index is 11.8. The Morgan fingerprint density at radius 3 is 2.78 bits per heavy atom. The Morgan fingerprint density at radius 2 is 2.11 bits per heavy atom. The van der Waals surface area contributed by atoms with Crippen LogP contribution in [0.1, 0.15) is 25.0 Å². The van der Waals surface area contributed by atoms with Crippen molar-refractivity contribution in [2.75, 3.05) is 6.61 Å². The molecule has 0 atom stereocenters. The first-order chi connectivity index (χ1) is 8.39. The quantitative estimate of drug-likeness (QED) is 0.778. The Kier molecular flexibility index (Phi) is 2.20. The van der Waals surface area contributed by atoms with E-state index in [0.29, 0.717) is 23.0 Å². The van der Waals surface area contributed by atoms with Gasteiger partial charge in [-0.15, -0.1) is 0 Å². The number of aliphatic imine (C=N–C) groups is 1. The van der Waals surface area contributed by atoms with Crippen molar-refractivity contribution < 1.29 is 13.2 Å². The molecule has 0 N–H and O–H groups in total. The number of hydrogen-bond acceptors (Lipinski definition) is 4. The Morgan fingerprint density at radius 1 is 1.33 bits per heavy atom. The van der Waals surface area contributed by atoms with Crippen molar-refractivity contribution in [3.05, 3.63) is 34.7 Å². The zero-order valence-electron chi connectivity index (χ0n) is 10.2. The number of fused-ring (bicyclic) bond motifs is 1. The van der Waals surface area contributed by atoms with E-state index in [2.05, 4.69) is 4.99 Å². The normalized spacial score (nSPS) is 22.4. The average molecular weight is 263 g/mol. The van der Waals surface area contributed by atoms with Crippen LogP contribution in [0.15, 0.2) is 33.5 Å². The minimum atomic E-state index is -3.28. The molecule has 0 spiro atoms. The summed E-state index contributed by atoms with van der Waals surface area (Å²) in [4.78, 5) is 4.81. The largest absolute Gasteiger partial charge is 0.475 e. The van der Waals surface area contributed by atoms with Gasteiger partial charge in [-0.2, -0.15) is 0 Å². The van der Waals surface area contributed by atoms with Crippen LogP contribution in [0, 0.1) is 0 Å². The van der Waals surface area contributed by atoms with Gasteiger partial charge < -0.3 is 4.74 Å². The maximum atomic E-state index is 11.8. The summed E-state index contributed by atoms with van der Waals surface area (Å²) >= 11 is 0. The van der Waals surface area contributed by atoms with Gasteiger partial charge in [-0.1, -0.05) is 6.07 Å². The second kappa shape index (κ2) is 3.45. The van der Waals surface area contributed by atoms with Crippen molar-refractivity contribution in [3.8, 4) is 0 Å². The molecule has 5 heteroatoms. The summed E-state index contributed by atoms with van der Waals surface area (Å²) in [5, 5.41) is 1.22. The van der Waals surface area contributed by atoms with Crippen LogP contribution in [0.2, 0.25) is 0 Å². The molecule has 3 rings (SSSR count). The van der Waals surface area contributed by atoms with Crippen LogP contribution in [0.3, 0.4) is 0 Å². The van der Waals surface area contributed by atoms with Gasteiger partial charge in [0.15, 0.2) is 9.84 Å². The monoisotopic (exact) mass is 263 g/mol. The van der Waals surface area contributed by atoms with Crippen molar-refractivity contribution in [2.45, 2.75) is 24.3 Å². The standard InChI is InChI=1S/C13H13NO3S/c1-13(2)8-17-12(14-13)10-4-3-5-11-9(10)6-7-18(11,15)16/h3-7H,8H2,1-2H3. The molecule has 94 valence electrons. The number of rotatable bonds is 1. The first kappa shape index (κ1) is 11.5. The molecule has 18 heavy (non-hydrogen) atoms. The highest BCUT2D eigenvalue weighted by atomic mass is 32.2. The predicted octanol–water partition coefficient (Wildman–Crippen LogP) is 2.00. The van der Waals surface area contributed by atoms with Crippen LogP contribution in [0.5, 0.6) is 0 Å². The molecule has 2 heterocycles. The van der Waals surface area contributed by atoms with Crippen LogP contribution in [0.25, 0.3) is 6.08 Å².